The van der Waals surface area contributed by atoms with Crippen LogP contribution in [-0.2, 0) is 16.1 Å². The van der Waals surface area contributed by atoms with Crippen LogP contribution in [0.3, 0.4) is 0 Å². The van der Waals surface area contributed by atoms with Gasteiger partial charge >= 0.3 is 6.09 Å². The van der Waals surface area contributed by atoms with Gasteiger partial charge in [0, 0.05) is 40.8 Å². The molecule has 35 heavy (non-hydrogen) atoms. The average Bonchev–Trinajstić information content (AvgIpc) is 3.20. The van der Waals surface area contributed by atoms with E-state index < -0.39 is 11.7 Å². The van der Waals surface area contributed by atoms with Gasteiger partial charge < -0.3 is 15.0 Å². The number of carbonyl (C=O) groups is 2. The molecule has 0 saturated carbocycles. The van der Waals surface area contributed by atoms with E-state index in [-0.39, 0.29) is 30.6 Å². The van der Waals surface area contributed by atoms with Gasteiger partial charge in [-0.25, -0.2) is 4.79 Å². The zero-order valence-electron chi connectivity index (χ0n) is 20.4. The number of hydrogen-bond donors (Lipinski definition) is 1. The number of amides is 2. The lowest BCUT2D eigenvalue weighted by Crippen LogP contribution is -2.44. The summed E-state index contributed by atoms with van der Waals surface area (Å²) in [5.41, 5.74) is 3.61. The van der Waals surface area contributed by atoms with Gasteiger partial charge in [-0.1, -0.05) is 28.1 Å². The molecule has 3 heterocycles. The van der Waals surface area contributed by atoms with Gasteiger partial charge in [0.05, 0.1) is 6.54 Å². The van der Waals surface area contributed by atoms with E-state index in [1.54, 1.807) is 37.4 Å². The predicted octanol–water partition coefficient (Wildman–Crippen LogP) is 5.05. The highest BCUT2D eigenvalue weighted by molar-refractivity contribution is 9.10. The Labute approximate surface area is 213 Å². The Morgan fingerprint density at radius 1 is 1.20 bits per heavy atom. The van der Waals surface area contributed by atoms with Gasteiger partial charge in [-0.15, -0.1) is 0 Å². The summed E-state index contributed by atoms with van der Waals surface area (Å²) in [7, 11) is 0. The van der Waals surface area contributed by atoms with Crippen LogP contribution in [0.4, 0.5) is 4.79 Å². The van der Waals surface area contributed by atoms with E-state index in [0.29, 0.717) is 18.4 Å². The molecule has 7 nitrogen and oxygen atoms in total. The van der Waals surface area contributed by atoms with Crippen LogP contribution in [0.15, 0.2) is 57.9 Å². The predicted molar refractivity (Wildman–Crippen MR) is 139 cm³/mol. The number of benzene rings is 1. The number of rotatable bonds is 5. The molecule has 4 rings (SSSR count). The Kier molecular flexibility index (Phi) is 7.03. The van der Waals surface area contributed by atoms with Crippen LogP contribution in [0, 0.1) is 6.92 Å². The van der Waals surface area contributed by atoms with Crippen molar-refractivity contribution in [1.29, 1.82) is 0 Å². The number of hydrogen-bond acceptors (Lipinski definition) is 4. The Hall–Kier alpha value is -3.13. The molecule has 184 valence electrons. The number of carbonyl (C=O) groups excluding carboxylic acids is 2. The van der Waals surface area contributed by atoms with Gasteiger partial charge in [-0.3, -0.25) is 14.0 Å². The van der Waals surface area contributed by atoms with E-state index in [1.165, 1.54) is 4.90 Å². The summed E-state index contributed by atoms with van der Waals surface area (Å²) in [6.07, 6.45) is 2.34. The van der Waals surface area contributed by atoms with E-state index in [1.807, 2.05) is 30.3 Å². The third-order valence-corrected chi connectivity index (χ3v) is 6.91. The standard InChI is InChI=1S/C27H30BrN3O4/c1-17-22(6-5-7-23(17)28)18-12-13-31-21(14-18)10-8-19(25(31)33)15-30(26(34)35-27(2,3)4)16-20-9-11-24(32)29-20/h5-8,10,12-14,20H,9,11,15-16H2,1-4H3,(H,29,32)/t20-/m0/s1. The smallest absolute Gasteiger partial charge is 0.410 e. The highest BCUT2D eigenvalue weighted by Gasteiger charge is 2.29. The van der Waals surface area contributed by atoms with Gasteiger partial charge in [0.2, 0.25) is 5.91 Å². The second kappa shape index (κ2) is 9.85. The number of nitrogens with zero attached hydrogens (tertiary/aromatic N) is 2. The average molecular weight is 540 g/mol. The van der Waals surface area contributed by atoms with Crippen LogP contribution < -0.4 is 10.9 Å². The van der Waals surface area contributed by atoms with Crippen molar-refractivity contribution < 1.29 is 14.3 Å². The molecule has 1 N–H and O–H groups in total. The van der Waals surface area contributed by atoms with E-state index >= 15 is 0 Å². The van der Waals surface area contributed by atoms with Crippen molar-refractivity contribution in [2.24, 2.45) is 0 Å². The lowest BCUT2D eigenvalue weighted by Gasteiger charge is -2.29. The van der Waals surface area contributed by atoms with Crippen LogP contribution in [0.5, 0.6) is 0 Å². The molecule has 2 aromatic heterocycles. The molecule has 1 aliphatic heterocycles. The van der Waals surface area contributed by atoms with Gasteiger partial charge in [0.25, 0.3) is 5.56 Å². The van der Waals surface area contributed by atoms with Crippen LogP contribution >= 0.6 is 15.9 Å². The summed E-state index contributed by atoms with van der Waals surface area (Å²) in [5, 5.41) is 2.89. The molecule has 3 aromatic rings. The first-order valence-corrected chi connectivity index (χ1v) is 12.5. The van der Waals surface area contributed by atoms with E-state index in [4.69, 9.17) is 4.74 Å². The molecule has 0 aliphatic carbocycles. The van der Waals surface area contributed by atoms with Crippen molar-refractivity contribution in [1.82, 2.24) is 14.6 Å². The first-order chi connectivity index (χ1) is 16.5. The topological polar surface area (TPSA) is 80.1 Å². The minimum atomic E-state index is -0.673. The first-order valence-electron chi connectivity index (χ1n) is 11.7. The molecule has 0 unspecified atom stereocenters. The van der Waals surface area contributed by atoms with E-state index in [0.717, 1.165) is 26.7 Å². The molecule has 0 spiro atoms. The lowest BCUT2D eigenvalue weighted by atomic mass is 10.0. The second-order valence-corrected chi connectivity index (χ2v) is 10.8. The van der Waals surface area contributed by atoms with Gasteiger partial charge in [0.15, 0.2) is 0 Å². The normalized spacial score (nSPS) is 15.8. The Bertz CT molecular complexity index is 1340. The third-order valence-electron chi connectivity index (χ3n) is 6.05. The summed E-state index contributed by atoms with van der Waals surface area (Å²) >= 11 is 3.58. The Balaban J connectivity index is 1.64. The maximum Gasteiger partial charge on any atom is 0.410 e. The van der Waals surface area contributed by atoms with Crippen molar-refractivity contribution in [2.75, 3.05) is 6.54 Å². The molecule has 1 aromatic carbocycles. The Morgan fingerprint density at radius 2 is 1.97 bits per heavy atom. The van der Waals surface area contributed by atoms with Crippen molar-refractivity contribution in [3.8, 4) is 11.1 Å². The largest absolute Gasteiger partial charge is 0.444 e. The van der Waals surface area contributed by atoms with Crippen LogP contribution in [0.1, 0.15) is 44.7 Å². The maximum absolute atomic E-state index is 13.3. The lowest BCUT2D eigenvalue weighted by molar-refractivity contribution is -0.119. The summed E-state index contributed by atoms with van der Waals surface area (Å²) in [5.74, 6) is -0.0265. The van der Waals surface area contributed by atoms with Crippen molar-refractivity contribution in [3.05, 3.63) is 74.6 Å². The summed E-state index contributed by atoms with van der Waals surface area (Å²) < 4.78 is 8.21. The first kappa shape index (κ1) is 25.0. The molecular weight excluding hydrogens is 510 g/mol. The highest BCUT2D eigenvalue weighted by atomic mass is 79.9. The summed E-state index contributed by atoms with van der Waals surface area (Å²) in [6, 6.07) is 13.5. The quantitative estimate of drug-likeness (QED) is 0.491. The van der Waals surface area contributed by atoms with Crippen LogP contribution in [-0.4, -0.2) is 39.5 Å². The van der Waals surface area contributed by atoms with Crippen molar-refractivity contribution >= 4 is 33.4 Å². The molecule has 1 aliphatic rings. The second-order valence-electron chi connectivity index (χ2n) is 9.95. The van der Waals surface area contributed by atoms with Crippen molar-refractivity contribution in [2.45, 2.75) is 58.7 Å². The minimum Gasteiger partial charge on any atom is -0.444 e. The molecule has 8 heteroatoms. The van der Waals surface area contributed by atoms with Crippen LogP contribution in [0.2, 0.25) is 0 Å². The monoisotopic (exact) mass is 539 g/mol. The van der Waals surface area contributed by atoms with Crippen LogP contribution in [0.25, 0.3) is 16.6 Å². The third kappa shape index (κ3) is 5.75. The molecule has 1 atom stereocenters. The zero-order valence-corrected chi connectivity index (χ0v) is 22.0. The molecule has 2 amide bonds. The van der Waals surface area contributed by atoms with Crippen molar-refractivity contribution in [3.63, 3.8) is 0 Å². The van der Waals surface area contributed by atoms with E-state index in [9.17, 15) is 14.4 Å². The SMILES string of the molecule is Cc1c(Br)cccc1-c1ccn2c(=O)c(CN(C[C@@H]3CCC(=O)N3)C(=O)OC(C)(C)C)ccc2c1. The molecule has 0 bridgehead atoms. The minimum absolute atomic E-state index is 0.0265. The molecular formula is C27H30BrN3O4. The number of pyridine rings is 2. The van der Waals surface area contributed by atoms with Gasteiger partial charge in [-0.05, 0) is 81.1 Å². The number of fused-ring (bicyclic) bond motifs is 1. The maximum atomic E-state index is 13.3. The fourth-order valence-electron chi connectivity index (χ4n) is 4.27. The zero-order chi connectivity index (χ0) is 25.3. The number of halogens is 1. The fraction of sp³-hybridized carbons (Fsp3) is 0.370. The number of nitrogens with one attached hydrogen (secondary N) is 1. The van der Waals surface area contributed by atoms with Gasteiger partial charge in [0.1, 0.15) is 5.60 Å². The van der Waals surface area contributed by atoms with Gasteiger partial charge in [-0.2, -0.15) is 0 Å². The number of aromatic nitrogens is 1. The highest BCUT2D eigenvalue weighted by Crippen LogP contribution is 2.29. The molecule has 1 fully saturated rings. The molecule has 0 radical (unpaired) electrons. The number of ether oxygens (including phenoxy) is 1. The summed E-state index contributed by atoms with van der Waals surface area (Å²) in [6.45, 7) is 7.83. The fourth-order valence-corrected chi connectivity index (χ4v) is 4.63. The van der Waals surface area contributed by atoms with E-state index in [2.05, 4.69) is 34.2 Å². The molecule has 1 saturated heterocycles. The Morgan fingerprint density at radius 3 is 2.66 bits per heavy atom. The summed E-state index contributed by atoms with van der Waals surface area (Å²) in [4.78, 5) is 39.4.